The van der Waals surface area contributed by atoms with Gasteiger partial charge in [0.05, 0.1) is 19.1 Å². The molecular weight excluding hydrogens is 398 g/mol. The molecule has 1 amide bonds. The quantitative estimate of drug-likeness (QED) is 0.594. The summed E-state index contributed by atoms with van der Waals surface area (Å²) in [5.74, 6) is -0.0286. The highest BCUT2D eigenvalue weighted by atomic mass is 35.5. The molecule has 0 bridgehead atoms. The maximum Gasteiger partial charge on any atom is 0.319 e. The van der Waals surface area contributed by atoms with Gasteiger partial charge in [0.1, 0.15) is 5.82 Å². The molecule has 0 saturated carbocycles. The average Bonchev–Trinajstić information content (AvgIpc) is 3.16. The van der Waals surface area contributed by atoms with E-state index in [4.69, 9.17) is 11.6 Å². The van der Waals surface area contributed by atoms with Crippen LogP contribution in [0.15, 0.2) is 67.0 Å². The van der Waals surface area contributed by atoms with Crippen LogP contribution in [0, 0.1) is 0 Å². The van der Waals surface area contributed by atoms with E-state index in [1.807, 2.05) is 42.5 Å². The molecule has 29 heavy (non-hydrogen) atoms. The predicted octanol–water partition coefficient (Wildman–Crippen LogP) is 4.27. The Hall–Kier alpha value is -2.77. The predicted molar refractivity (Wildman–Crippen MR) is 108 cm³/mol. The first-order valence-corrected chi connectivity index (χ1v) is 9.40. The van der Waals surface area contributed by atoms with E-state index in [2.05, 4.69) is 10.3 Å². The number of hydrogen-bond acceptors (Lipinski definition) is 3. The van der Waals surface area contributed by atoms with Gasteiger partial charge in [-0.2, -0.15) is 8.78 Å². The second kappa shape index (κ2) is 9.62. The number of likely N-dealkylation sites (N-methyl/N-ethyl adjacent to an activating group) is 1. The lowest BCUT2D eigenvalue weighted by Crippen LogP contribution is -2.37. The molecule has 1 unspecified atom stereocenters. The van der Waals surface area contributed by atoms with E-state index < -0.39 is 6.55 Å². The third-order valence-electron chi connectivity index (χ3n) is 4.43. The van der Waals surface area contributed by atoms with Crippen LogP contribution in [0.25, 0.3) is 0 Å². The van der Waals surface area contributed by atoms with Crippen molar-refractivity contribution >= 4 is 17.5 Å². The third kappa shape index (κ3) is 5.62. The minimum absolute atomic E-state index is 0.0347. The van der Waals surface area contributed by atoms with Gasteiger partial charge in [-0.3, -0.25) is 14.3 Å². The number of nitrogens with zero attached hydrogens (tertiary/aromatic N) is 3. The maximum atomic E-state index is 13.0. The SMILES string of the molecule is CN(CC(=O)NC(c1ccccc1)c1ccc(Cl)cc1)Cc1nccn1C(F)F. The Balaban J connectivity index is 1.69. The number of amides is 1. The number of halogens is 3. The number of nitrogens with one attached hydrogen (secondary N) is 1. The van der Waals surface area contributed by atoms with Crippen LogP contribution < -0.4 is 5.32 Å². The van der Waals surface area contributed by atoms with Gasteiger partial charge in [-0.25, -0.2) is 4.98 Å². The summed E-state index contributed by atoms with van der Waals surface area (Å²) in [5.41, 5.74) is 1.82. The van der Waals surface area contributed by atoms with Crippen molar-refractivity contribution in [3.05, 3.63) is 89.0 Å². The van der Waals surface area contributed by atoms with Crippen LogP contribution in [0.1, 0.15) is 29.5 Å². The van der Waals surface area contributed by atoms with E-state index >= 15 is 0 Å². The molecule has 152 valence electrons. The molecule has 0 radical (unpaired) electrons. The van der Waals surface area contributed by atoms with Crippen LogP contribution in [0.5, 0.6) is 0 Å². The number of hydrogen-bond donors (Lipinski definition) is 1. The fourth-order valence-electron chi connectivity index (χ4n) is 3.05. The van der Waals surface area contributed by atoms with Crippen molar-refractivity contribution in [1.82, 2.24) is 19.8 Å². The summed E-state index contributed by atoms with van der Waals surface area (Å²) >= 11 is 5.98. The van der Waals surface area contributed by atoms with Gasteiger partial charge in [-0.15, -0.1) is 0 Å². The van der Waals surface area contributed by atoms with Crippen LogP contribution in [0.3, 0.4) is 0 Å². The highest BCUT2D eigenvalue weighted by Crippen LogP contribution is 2.23. The number of carbonyl (C=O) groups excluding carboxylic acids is 1. The van der Waals surface area contributed by atoms with Gasteiger partial charge in [0.25, 0.3) is 0 Å². The molecule has 1 aromatic heterocycles. The number of rotatable bonds is 8. The summed E-state index contributed by atoms with van der Waals surface area (Å²) in [7, 11) is 1.68. The number of benzene rings is 2. The summed E-state index contributed by atoms with van der Waals surface area (Å²) in [6.45, 7) is -2.50. The highest BCUT2D eigenvalue weighted by molar-refractivity contribution is 6.30. The zero-order valence-electron chi connectivity index (χ0n) is 15.8. The molecule has 0 aliphatic rings. The summed E-state index contributed by atoms with van der Waals surface area (Å²) in [5, 5.41) is 3.63. The molecule has 5 nitrogen and oxygen atoms in total. The van der Waals surface area contributed by atoms with Gasteiger partial charge >= 0.3 is 6.55 Å². The van der Waals surface area contributed by atoms with Gasteiger partial charge in [0.2, 0.25) is 5.91 Å². The summed E-state index contributed by atoms with van der Waals surface area (Å²) < 4.78 is 26.7. The van der Waals surface area contributed by atoms with Crippen LogP contribution in [-0.2, 0) is 11.3 Å². The summed E-state index contributed by atoms with van der Waals surface area (Å²) in [6.07, 6.45) is 2.54. The molecule has 8 heteroatoms. The maximum absolute atomic E-state index is 13.0. The lowest BCUT2D eigenvalue weighted by molar-refractivity contribution is -0.122. The molecule has 0 aliphatic heterocycles. The van der Waals surface area contributed by atoms with E-state index in [-0.39, 0.29) is 30.9 Å². The van der Waals surface area contributed by atoms with Crippen molar-refractivity contribution in [2.45, 2.75) is 19.1 Å². The molecular formula is C21H21ClF2N4O. The van der Waals surface area contributed by atoms with Gasteiger partial charge < -0.3 is 5.32 Å². The fraction of sp³-hybridized carbons (Fsp3) is 0.238. The van der Waals surface area contributed by atoms with E-state index in [9.17, 15) is 13.6 Å². The van der Waals surface area contributed by atoms with Crippen molar-refractivity contribution in [3.8, 4) is 0 Å². The standard InChI is InChI=1S/C21H21ClF2N4O/c1-27(13-18-25-11-12-28(18)21(23)24)14-19(29)26-20(15-5-3-2-4-6-15)16-7-9-17(22)10-8-16/h2-12,20-21H,13-14H2,1H3,(H,26,29). The number of alkyl halides is 2. The second-order valence-electron chi connectivity index (χ2n) is 6.66. The van der Waals surface area contributed by atoms with E-state index in [1.165, 1.54) is 12.4 Å². The first-order chi connectivity index (χ1) is 13.9. The van der Waals surface area contributed by atoms with E-state index in [1.54, 1.807) is 24.1 Å². The minimum atomic E-state index is -2.66. The number of carbonyl (C=O) groups is 1. The molecule has 0 spiro atoms. The average molecular weight is 419 g/mol. The lowest BCUT2D eigenvalue weighted by atomic mass is 9.98. The van der Waals surface area contributed by atoms with Crippen molar-refractivity contribution in [3.63, 3.8) is 0 Å². The monoisotopic (exact) mass is 418 g/mol. The number of aromatic nitrogens is 2. The zero-order valence-corrected chi connectivity index (χ0v) is 16.6. The van der Waals surface area contributed by atoms with E-state index in [0.717, 1.165) is 15.7 Å². The number of imidazole rings is 1. The molecule has 0 saturated heterocycles. The van der Waals surface area contributed by atoms with Crippen LogP contribution in [0.2, 0.25) is 5.02 Å². The van der Waals surface area contributed by atoms with Crippen molar-refractivity contribution < 1.29 is 13.6 Å². The minimum Gasteiger partial charge on any atom is -0.344 e. The third-order valence-corrected chi connectivity index (χ3v) is 4.68. The van der Waals surface area contributed by atoms with Gasteiger partial charge in [0.15, 0.2) is 0 Å². The van der Waals surface area contributed by atoms with Gasteiger partial charge in [0, 0.05) is 17.4 Å². The Labute approximate surface area is 172 Å². The summed E-state index contributed by atoms with van der Waals surface area (Å²) in [4.78, 5) is 18.3. The lowest BCUT2D eigenvalue weighted by Gasteiger charge is -2.22. The van der Waals surface area contributed by atoms with Crippen LogP contribution in [0.4, 0.5) is 8.78 Å². The molecule has 3 aromatic rings. The van der Waals surface area contributed by atoms with Crippen LogP contribution >= 0.6 is 11.6 Å². The molecule has 1 N–H and O–H groups in total. The van der Waals surface area contributed by atoms with Crippen molar-refractivity contribution in [2.24, 2.45) is 0 Å². The van der Waals surface area contributed by atoms with Crippen molar-refractivity contribution in [1.29, 1.82) is 0 Å². The zero-order chi connectivity index (χ0) is 20.8. The van der Waals surface area contributed by atoms with Gasteiger partial charge in [-0.1, -0.05) is 54.1 Å². The smallest absolute Gasteiger partial charge is 0.319 e. The Morgan fingerprint density at radius 3 is 2.45 bits per heavy atom. The molecule has 2 aromatic carbocycles. The van der Waals surface area contributed by atoms with Crippen LogP contribution in [-0.4, -0.2) is 34.0 Å². The fourth-order valence-corrected chi connectivity index (χ4v) is 3.18. The molecule has 1 heterocycles. The topological polar surface area (TPSA) is 50.2 Å². The molecule has 0 fully saturated rings. The van der Waals surface area contributed by atoms with Crippen molar-refractivity contribution in [2.75, 3.05) is 13.6 Å². The Bertz CT molecular complexity index is 931. The Morgan fingerprint density at radius 1 is 1.14 bits per heavy atom. The molecule has 0 aliphatic carbocycles. The van der Waals surface area contributed by atoms with Gasteiger partial charge in [-0.05, 0) is 30.3 Å². The highest BCUT2D eigenvalue weighted by Gasteiger charge is 2.19. The first-order valence-electron chi connectivity index (χ1n) is 9.02. The summed E-state index contributed by atoms with van der Waals surface area (Å²) in [6, 6.07) is 16.5. The Kier molecular flexibility index (Phi) is 6.95. The normalized spacial score (nSPS) is 12.3. The largest absolute Gasteiger partial charge is 0.344 e. The molecule has 1 atom stereocenters. The molecule has 3 rings (SSSR count). The first kappa shape index (κ1) is 21.0. The second-order valence-corrected chi connectivity index (χ2v) is 7.10. The Morgan fingerprint density at radius 2 is 1.79 bits per heavy atom. The van der Waals surface area contributed by atoms with E-state index in [0.29, 0.717) is 5.02 Å².